The maximum absolute atomic E-state index is 12.4. The van der Waals surface area contributed by atoms with E-state index in [9.17, 15) is 27.2 Å². The highest BCUT2D eigenvalue weighted by Crippen LogP contribution is 2.13. The van der Waals surface area contributed by atoms with Gasteiger partial charge in [-0.3, -0.25) is 9.59 Å². The Hall–Kier alpha value is -1.91. The van der Waals surface area contributed by atoms with Crippen LogP contribution >= 0.6 is 0 Å². The molecule has 0 rings (SSSR count). The molecule has 0 aliphatic carbocycles. The monoisotopic (exact) mass is 277 g/mol. The highest BCUT2D eigenvalue weighted by Gasteiger charge is 2.38. The Morgan fingerprint density at radius 3 is 1.61 bits per heavy atom. The van der Waals surface area contributed by atoms with Gasteiger partial charge in [-0.2, -0.15) is 13.2 Å². The lowest BCUT2D eigenvalue weighted by Crippen LogP contribution is -2.41. The molecule has 0 aromatic heterocycles. The van der Waals surface area contributed by atoms with E-state index in [2.05, 4.69) is 5.73 Å². The number of carboxylic acid groups (broad SMARTS) is 1. The summed E-state index contributed by atoms with van der Waals surface area (Å²) in [5.74, 6) is -4.75. The lowest BCUT2D eigenvalue weighted by atomic mass is 10.1. The molecule has 2 amide bonds. The van der Waals surface area contributed by atoms with Crippen LogP contribution in [0, 0.1) is 0 Å². The molecular weight excluding hydrogens is 266 g/mol. The fourth-order valence-electron chi connectivity index (χ4n) is 0.455. The summed E-state index contributed by atoms with van der Waals surface area (Å²) < 4.78 is 44.1. The zero-order chi connectivity index (χ0) is 15.1. The van der Waals surface area contributed by atoms with E-state index in [0.717, 1.165) is 0 Å². The second kappa shape index (κ2) is 7.42. The number of carboxylic acids is 1. The summed E-state index contributed by atoms with van der Waals surface area (Å²) in [5.41, 5.74) is 14.3. The summed E-state index contributed by atoms with van der Waals surface area (Å²) in [6.45, 7) is 0. The number of carbonyl (C=O) groups excluding carboxylic acids is 2. The van der Waals surface area contributed by atoms with Gasteiger partial charge in [0.25, 0.3) is 5.91 Å². The minimum Gasteiger partial charge on any atom is -0.475 e. The predicted molar refractivity (Wildman–Crippen MR) is 49.6 cm³/mol. The molecule has 0 aliphatic rings. The van der Waals surface area contributed by atoms with Crippen molar-refractivity contribution in [2.75, 3.05) is 0 Å². The molecule has 7 N–H and O–H groups in total. The van der Waals surface area contributed by atoms with Gasteiger partial charge < -0.3 is 22.3 Å². The Morgan fingerprint density at radius 2 is 1.44 bits per heavy atom. The van der Waals surface area contributed by atoms with Crippen LogP contribution < -0.4 is 17.2 Å². The quantitative estimate of drug-likeness (QED) is 0.468. The second-order valence-electron chi connectivity index (χ2n) is 2.92. The van der Waals surface area contributed by atoms with Gasteiger partial charge in [0.2, 0.25) is 5.91 Å². The summed E-state index contributed by atoms with van der Waals surface area (Å²) >= 11 is 0. The molecule has 0 unspecified atom stereocenters. The van der Waals surface area contributed by atoms with E-state index in [0.29, 0.717) is 0 Å². The summed E-state index contributed by atoms with van der Waals surface area (Å²) in [5, 5.41) is 7.12. The van der Waals surface area contributed by atoms with Crippen molar-refractivity contribution in [3.63, 3.8) is 0 Å². The highest BCUT2D eigenvalue weighted by atomic mass is 19.4. The fourth-order valence-corrected chi connectivity index (χ4v) is 0.455. The number of alkyl halides is 4. The van der Waals surface area contributed by atoms with E-state index in [-0.39, 0.29) is 0 Å². The number of primary amides is 2. The first-order valence-electron chi connectivity index (χ1n) is 4.18. The van der Waals surface area contributed by atoms with Gasteiger partial charge >= 0.3 is 12.1 Å². The average Bonchev–Trinajstić information content (AvgIpc) is 2.16. The van der Waals surface area contributed by atoms with Crippen molar-refractivity contribution in [3.05, 3.63) is 0 Å². The number of aliphatic carboxylic acids is 1. The lowest BCUT2D eigenvalue weighted by molar-refractivity contribution is -0.192. The predicted octanol–water partition coefficient (Wildman–Crippen LogP) is -1.35. The number of hydrogen-bond acceptors (Lipinski definition) is 4. The molecule has 106 valence electrons. The SMILES string of the molecule is NC(=O)[C@H](F)C[C@H](N)C(N)=O.O=C(O)C(F)(F)F. The van der Waals surface area contributed by atoms with Crippen LogP contribution in [0.4, 0.5) is 17.6 Å². The van der Waals surface area contributed by atoms with Crippen molar-refractivity contribution in [1.29, 1.82) is 0 Å². The largest absolute Gasteiger partial charge is 0.490 e. The van der Waals surface area contributed by atoms with Gasteiger partial charge in [-0.05, 0) is 0 Å². The number of amides is 2. The lowest BCUT2D eigenvalue weighted by Gasteiger charge is -2.07. The standard InChI is InChI=1S/C5H10FN3O2.C2HF3O2/c6-2(4(8)10)1-3(7)5(9)11;3-2(4,5)1(6)7/h2-3H,1,7H2,(H2,8,10)(H2,9,11);(H,6,7)/t2-,3+;/m1./s1. The molecule has 0 bridgehead atoms. The molecule has 0 aromatic carbocycles. The van der Waals surface area contributed by atoms with Crippen LogP contribution in [0.25, 0.3) is 0 Å². The van der Waals surface area contributed by atoms with Gasteiger partial charge in [-0.25, -0.2) is 9.18 Å². The summed E-state index contributed by atoms with van der Waals surface area (Å²) in [6.07, 6.45) is -7.44. The minimum atomic E-state index is -5.08. The number of halogens is 4. The zero-order valence-electron chi connectivity index (χ0n) is 8.78. The van der Waals surface area contributed by atoms with Crippen LogP contribution in [-0.4, -0.2) is 41.3 Å². The molecular formula is C7H11F4N3O4. The summed E-state index contributed by atoms with van der Waals surface area (Å²) in [4.78, 5) is 29.2. The summed E-state index contributed by atoms with van der Waals surface area (Å²) in [7, 11) is 0. The number of rotatable bonds is 4. The van der Waals surface area contributed by atoms with E-state index in [4.69, 9.17) is 21.4 Å². The van der Waals surface area contributed by atoms with Crippen LogP contribution in [0.3, 0.4) is 0 Å². The van der Waals surface area contributed by atoms with Crippen LogP contribution in [0.5, 0.6) is 0 Å². The Bertz CT molecular complexity index is 302. The van der Waals surface area contributed by atoms with Crippen molar-refractivity contribution in [1.82, 2.24) is 0 Å². The average molecular weight is 277 g/mol. The molecule has 0 heterocycles. The van der Waals surface area contributed by atoms with Crippen molar-refractivity contribution in [2.24, 2.45) is 17.2 Å². The Labute approximate surface area is 97.9 Å². The summed E-state index contributed by atoms with van der Waals surface area (Å²) in [6, 6.07) is -1.16. The number of carbonyl (C=O) groups is 3. The molecule has 0 aromatic rings. The molecule has 0 aliphatic heterocycles. The maximum Gasteiger partial charge on any atom is 0.490 e. The van der Waals surface area contributed by atoms with Gasteiger partial charge in [-0.15, -0.1) is 0 Å². The molecule has 0 spiro atoms. The molecule has 7 nitrogen and oxygen atoms in total. The molecule has 2 atom stereocenters. The van der Waals surface area contributed by atoms with E-state index in [1.807, 2.05) is 0 Å². The molecule has 0 fully saturated rings. The second-order valence-corrected chi connectivity index (χ2v) is 2.92. The number of hydrogen-bond donors (Lipinski definition) is 4. The Kier molecular flexibility index (Phi) is 7.61. The van der Waals surface area contributed by atoms with Crippen LogP contribution in [0.15, 0.2) is 0 Å². The van der Waals surface area contributed by atoms with E-state index >= 15 is 0 Å². The van der Waals surface area contributed by atoms with E-state index < -0.39 is 42.6 Å². The van der Waals surface area contributed by atoms with Gasteiger partial charge in [-0.1, -0.05) is 0 Å². The maximum atomic E-state index is 12.4. The first kappa shape index (κ1) is 18.5. The Morgan fingerprint density at radius 1 is 1.11 bits per heavy atom. The van der Waals surface area contributed by atoms with Crippen molar-refractivity contribution in [2.45, 2.75) is 24.8 Å². The third-order valence-corrected chi connectivity index (χ3v) is 1.38. The Balaban J connectivity index is 0. The van der Waals surface area contributed by atoms with Crippen LogP contribution in [0.2, 0.25) is 0 Å². The van der Waals surface area contributed by atoms with E-state index in [1.165, 1.54) is 0 Å². The molecule has 0 saturated heterocycles. The minimum absolute atomic E-state index is 0.454. The van der Waals surface area contributed by atoms with Gasteiger partial charge in [0, 0.05) is 6.42 Å². The molecule has 0 saturated carbocycles. The zero-order valence-corrected chi connectivity index (χ0v) is 8.78. The van der Waals surface area contributed by atoms with Gasteiger partial charge in [0.05, 0.1) is 6.04 Å². The van der Waals surface area contributed by atoms with Crippen molar-refractivity contribution >= 4 is 17.8 Å². The van der Waals surface area contributed by atoms with Gasteiger partial charge in [0.1, 0.15) is 0 Å². The van der Waals surface area contributed by atoms with E-state index in [1.54, 1.807) is 0 Å². The van der Waals surface area contributed by atoms with Crippen LogP contribution in [-0.2, 0) is 14.4 Å². The van der Waals surface area contributed by atoms with Crippen molar-refractivity contribution in [3.8, 4) is 0 Å². The first-order chi connectivity index (χ1) is 7.89. The molecule has 0 radical (unpaired) electrons. The fraction of sp³-hybridized carbons (Fsp3) is 0.571. The normalized spacial score (nSPS) is 13.8. The highest BCUT2D eigenvalue weighted by molar-refractivity contribution is 5.82. The van der Waals surface area contributed by atoms with Crippen LogP contribution in [0.1, 0.15) is 6.42 Å². The topological polar surface area (TPSA) is 149 Å². The smallest absolute Gasteiger partial charge is 0.475 e. The third-order valence-electron chi connectivity index (χ3n) is 1.38. The first-order valence-corrected chi connectivity index (χ1v) is 4.18. The number of nitrogens with two attached hydrogens (primary N) is 3. The van der Waals surface area contributed by atoms with Gasteiger partial charge in [0.15, 0.2) is 6.17 Å². The third kappa shape index (κ3) is 9.33. The molecule has 18 heavy (non-hydrogen) atoms. The van der Waals surface area contributed by atoms with Crippen molar-refractivity contribution < 1.29 is 37.1 Å². The molecule has 11 heteroatoms.